The van der Waals surface area contributed by atoms with Crippen molar-refractivity contribution in [3.63, 3.8) is 0 Å². The van der Waals surface area contributed by atoms with Crippen molar-refractivity contribution in [1.82, 2.24) is 20.6 Å². The Bertz CT molecular complexity index is 622. The summed E-state index contributed by atoms with van der Waals surface area (Å²) in [4.78, 5) is 53.3. The van der Waals surface area contributed by atoms with Crippen LogP contribution in [0.15, 0.2) is 12.5 Å². The Morgan fingerprint density at radius 2 is 2.04 bits per heavy atom. The molecule has 1 heterocycles. The minimum absolute atomic E-state index is 0.147. The van der Waals surface area contributed by atoms with Gasteiger partial charge in [-0.25, -0.2) is 9.78 Å². The van der Waals surface area contributed by atoms with E-state index in [0.717, 1.165) is 11.8 Å². The van der Waals surface area contributed by atoms with Gasteiger partial charge in [-0.15, -0.1) is 0 Å². The number of hydrogen-bond donors (Lipinski definition) is 5. The lowest BCUT2D eigenvalue weighted by molar-refractivity contribution is -0.140. The lowest BCUT2D eigenvalue weighted by Crippen LogP contribution is -2.44. The van der Waals surface area contributed by atoms with Gasteiger partial charge in [0.15, 0.2) is 0 Å². The Morgan fingerprint density at radius 1 is 1.31 bits per heavy atom. The van der Waals surface area contributed by atoms with E-state index in [4.69, 9.17) is 10.8 Å². The van der Waals surface area contributed by atoms with Crippen LogP contribution in [-0.4, -0.2) is 62.4 Å². The molecular formula is C15H23N5O5S. The summed E-state index contributed by atoms with van der Waals surface area (Å²) in [5, 5.41) is 13.6. The molecule has 0 saturated heterocycles. The van der Waals surface area contributed by atoms with Crippen LogP contribution in [0.5, 0.6) is 0 Å². The summed E-state index contributed by atoms with van der Waals surface area (Å²) < 4.78 is 0. The maximum atomic E-state index is 12.5. The van der Waals surface area contributed by atoms with Gasteiger partial charge in [-0.2, -0.15) is 0 Å². The molecule has 0 aliphatic carbocycles. The molecule has 0 aromatic carbocycles. The Hall–Kier alpha value is -2.40. The molecule has 0 saturated carbocycles. The zero-order valence-electron chi connectivity index (χ0n) is 14.4. The third kappa shape index (κ3) is 8.12. The third-order valence-electron chi connectivity index (χ3n) is 3.27. The number of carbonyl (C=O) groups excluding carboxylic acids is 3. The number of carboxylic acids is 1. The van der Waals surface area contributed by atoms with Crippen LogP contribution in [0.3, 0.4) is 0 Å². The molecule has 1 rings (SSSR count). The van der Waals surface area contributed by atoms with Crippen molar-refractivity contribution < 1.29 is 24.3 Å². The largest absolute Gasteiger partial charge is 0.480 e. The first-order chi connectivity index (χ1) is 12.3. The summed E-state index contributed by atoms with van der Waals surface area (Å²) in [5.41, 5.74) is 6.02. The highest BCUT2D eigenvalue weighted by Gasteiger charge is 2.26. The van der Waals surface area contributed by atoms with Crippen molar-refractivity contribution >= 4 is 34.7 Å². The fraction of sp³-hybridized carbons (Fsp3) is 0.533. The van der Waals surface area contributed by atoms with Crippen LogP contribution in [0, 0.1) is 0 Å². The molecule has 0 bridgehead atoms. The Labute approximate surface area is 154 Å². The van der Waals surface area contributed by atoms with Gasteiger partial charge in [-0.1, -0.05) is 11.8 Å². The average Bonchev–Trinajstić information content (AvgIpc) is 3.08. The van der Waals surface area contributed by atoms with Crippen molar-refractivity contribution in [3.05, 3.63) is 18.2 Å². The number of thioether (sulfide) groups is 1. The minimum atomic E-state index is -1.24. The first kappa shape index (κ1) is 21.6. The lowest BCUT2D eigenvalue weighted by atomic mass is 10.1. The predicted octanol–water partition coefficient (Wildman–Crippen LogP) is -0.975. The van der Waals surface area contributed by atoms with Crippen LogP contribution in [0.2, 0.25) is 0 Å². The zero-order valence-corrected chi connectivity index (χ0v) is 15.2. The molecule has 0 radical (unpaired) electrons. The highest BCUT2D eigenvalue weighted by Crippen LogP contribution is 2.12. The van der Waals surface area contributed by atoms with Crippen molar-refractivity contribution in [2.75, 3.05) is 12.3 Å². The topological polar surface area (TPSA) is 167 Å². The number of aliphatic carboxylic acids is 1. The van der Waals surface area contributed by atoms with E-state index in [1.165, 1.54) is 19.4 Å². The number of aromatic amines is 1. The predicted molar refractivity (Wildman–Crippen MR) is 95.2 cm³/mol. The maximum Gasteiger partial charge on any atom is 0.327 e. The van der Waals surface area contributed by atoms with Gasteiger partial charge in [0.1, 0.15) is 12.1 Å². The molecule has 144 valence electrons. The first-order valence-corrected chi connectivity index (χ1v) is 8.95. The standard InChI is InChI=1S/C15H23N5O5S/c1-9(21)19-12(14(23)24)7-26-15(25)11(5-10-6-17-8-18-10)20-13(22)3-2-4-16/h6,8,11-12H,2-5,7,16H2,1H3,(H,17,18)(H,19,21)(H,20,22)(H,23,24)/t11-,12?/m0/s1. The molecule has 0 spiro atoms. The molecule has 0 aliphatic heterocycles. The Balaban J connectivity index is 2.71. The third-order valence-corrected chi connectivity index (χ3v) is 4.34. The van der Waals surface area contributed by atoms with Gasteiger partial charge in [0.25, 0.3) is 0 Å². The number of carboxylic acid groups (broad SMARTS) is 1. The summed E-state index contributed by atoms with van der Waals surface area (Å²) in [6.45, 7) is 1.56. The van der Waals surface area contributed by atoms with E-state index < -0.39 is 29.1 Å². The van der Waals surface area contributed by atoms with E-state index in [0.29, 0.717) is 18.7 Å². The van der Waals surface area contributed by atoms with Crippen LogP contribution in [0.1, 0.15) is 25.5 Å². The molecule has 11 heteroatoms. The van der Waals surface area contributed by atoms with Gasteiger partial charge in [-0.3, -0.25) is 14.4 Å². The van der Waals surface area contributed by atoms with E-state index in [2.05, 4.69) is 20.6 Å². The number of nitrogens with two attached hydrogens (primary N) is 1. The van der Waals surface area contributed by atoms with Gasteiger partial charge < -0.3 is 26.5 Å². The number of rotatable bonds is 11. The normalized spacial score (nSPS) is 12.8. The van der Waals surface area contributed by atoms with Crippen molar-refractivity contribution in [1.29, 1.82) is 0 Å². The second-order valence-electron chi connectivity index (χ2n) is 5.51. The number of carbonyl (C=O) groups is 4. The SMILES string of the molecule is CC(=O)NC(CSC(=O)[C@H](Cc1cnc[nH]1)NC(=O)CCCN)C(=O)O. The average molecular weight is 385 g/mol. The summed E-state index contributed by atoms with van der Waals surface area (Å²) in [5.74, 6) is -2.20. The van der Waals surface area contributed by atoms with Gasteiger partial charge in [0.2, 0.25) is 16.9 Å². The van der Waals surface area contributed by atoms with Crippen molar-refractivity contribution in [2.45, 2.75) is 38.3 Å². The molecule has 1 aromatic rings. The fourth-order valence-electron chi connectivity index (χ4n) is 2.02. The Kier molecular flexibility index (Phi) is 9.37. The lowest BCUT2D eigenvalue weighted by Gasteiger charge is -2.18. The number of aromatic nitrogens is 2. The zero-order chi connectivity index (χ0) is 19.5. The summed E-state index contributed by atoms with van der Waals surface area (Å²) in [6.07, 6.45) is 3.87. The highest BCUT2D eigenvalue weighted by atomic mass is 32.2. The van der Waals surface area contributed by atoms with Crippen LogP contribution in [0.4, 0.5) is 0 Å². The van der Waals surface area contributed by atoms with Crippen molar-refractivity contribution in [3.8, 4) is 0 Å². The quantitative estimate of drug-likeness (QED) is 0.324. The van der Waals surface area contributed by atoms with Crippen LogP contribution < -0.4 is 16.4 Å². The smallest absolute Gasteiger partial charge is 0.327 e. The number of nitrogens with zero attached hydrogens (tertiary/aromatic N) is 1. The number of amides is 2. The van der Waals surface area contributed by atoms with Crippen LogP contribution in [-0.2, 0) is 25.6 Å². The highest BCUT2D eigenvalue weighted by molar-refractivity contribution is 8.13. The van der Waals surface area contributed by atoms with Crippen LogP contribution in [0.25, 0.3) is 0 Å². The van der Waals surface area contributed by atoms with Gasteiger partial charge in [0.05, 0.1) is 6.33 Å². The van der Waals surface area contributed by atoms with E-state index >= 15 is 0 Å². The van der Waals surface area contributed by atoms with E-state index in [9.17, 15) is 19.2 Å². The van der Waals surface area contributed by atoms with Gasteiger partial charge >= 0.3 is 5.97 Å². The molecule has 1 unspecified atom stereocenters. The van der Waals surface area contributed by atoms with Gasteiger partial charge in [0, 0.05) is 37.4 Å². The summed E-state index contributed by atoms with van der Waals surface area (Å²) >= 11 is 0.742. The van der Waals surface area contributed by atoms with E-state index in [1.807, 2.05) is 0 Å². The number of hydrogen-bond acceptors (Lipinski definition) is 7. The molecule has 6 N–H and O–H groups in total. The van der Waals surface area contributed by atoms with E-state index in [-0.39, 0.29) is 24.5 Å². The minimum Gasteiger partial charge on any atom is -0.480 e. The summed E-state index contributed by atoms with van der Waals surface area (Å²) in [7, 11) is 0. The molecule has 2 atom stereocenters. The monoisotopic (exact) mass is 385 g/mol. The number of nitrogens with one attached hydrogen (secondary N) is 3. The molecule has 10 nitrogen and oxygen atoms in total. The molecule has 1 aromatic heterocycles. The molecule has 0 aliphatic rings. The van der Waals surface area contributed by atoms with Crippen molar-refractivity contribution in [2.24, 2.45) is 5.73 Å². The van der Waals surface area contributed by atoms with Gasteiger partial charge in [-0.05, 0) is 13.0 Å². The number of imidazole rings is 1. The first-order valence-electron chi connectivity index (χ1n) is 7.96. The second kappa shape index (κ2) is 11.3. The summed E-state index contributed by atoms with van der Waals surface area (Å²) in [6, 6.07) is -2.04. The molecule has 2 amide bonds. The number of H-pyrrole nitrogens is 1. The van der Waals surface area contributed by atoms with Crippen LogP contribution >= 0.6 is 11.8 Å². The Morgan fingerprint density at radius 3 is 2.58 bits per heavy atom. The maximum absolute atomic E-state index is 12.5. The molecule has 0 fully saturated rings. The fourth-order valence-corrected chi connectivity index (χ4v) is 2.93. The molecule has 26 heavy (non-hydrogen) atoms. The molecular weight excluding hydrogens is 362 g/mol. The van der Waals surface area contributed by atoms with E-state index in [1.54, 1.807) is 0 Å². The second-order valence-corrected chi connectivity index (χ2v) is 6.54.